The summed E-state index contributed by atoms with van der Waals surface area (Å²) >= 11 is 0. The zero-order chi connectivity index (χ0) is 13.9. The second-order valence-corrected chi connectivity index (χ2v) is 5.29. The fourth-order valence-corrected chi connectivity index (χ4v) is 2.69. The van der Waals surface area contributed by atoms with Crippen LogP contribution in [0.15, 0.2) is 18.2 Å². The highest BCUT2D eigenvalue weighted by molar-refractivity contribution is 5.76. The van der Waals surface area contributed by atoms with Gasteiger partial charge in [0.15, 0.2) is 0 Å². The third kappa shape index (κ3) is 2.70. The Morgan fingerprint density at radius 1 is 1.47 bits per heavy atom. The van der Waals surface area contributed by atoms with Gasteiger partial charge < -0.3 is 10.4 Å². The van der Waals surface area contributed by atoms with Crippen molar-refractivity contribution in [3.05, 3.63) is 29.3 Å². The third-order valence-electron chi connectivity index (χ3n) is 3.99. The lowest BCUT2D eigenvalue weighted by molar-refractivity contribution is -0.147. The lowest BCUT2D eigenvalue weighted by atomic mass is 9.86. The Morgan fingerprint density at radius 3 is 2.68 bits per heavy atom. The summed E-state index contributed by atoms with van der Waals surface area (Å²) in [7, 11) is 0. The predicted octanol–water partition coefficient (Wildman–Crippen LogP) is 2.92. The average Bonchev–Trinajstić information content (AvgIpc) is 2.86. The minimum Gasteiger partial charge on any atom is -0.481 e. The van der Waals surface area contributed by atoms with Gasteiger partial charge >= 0.3 is 5.97 Å². The van der Waals surface area contributed by atoms with Crippen LogP contribution in [0, 0.1) is 23.7 Å². The van der Waals surface area contributed by atoms with Crippen LogP contribution in [0.3, 0.4) is 0 Å². The summed E-state index contributed by atoms with van der Waals surface area (Å²) in [4.78, 5) is 11.4. The number of benzene rings is 1. The summed E-state index contributed by atoms with van der Waals surface area (Å²) in [6.07, 6.45) is 3.45. The Bertz CT molecular complexity index is 525. The number of aliphatic carboxylic acids is 1. The Kier molecular flexibility index (Phi) is 3.75. The van der Waals surface area contributed by atoms with Crippen molar-refractivity contribution in [1.29, 1.82) is 5.26 Å². The quantitative estimate of drug-likeness (QED) is 0.870. The molecule has 0 aromatic heterocycles. The summed E-state index contributed by atoms with van der Waals surface area (Å²) in [6, 6.07) is 7.61. The van der Waals surface area contributed by atoms with Gasteiger partial charge in [0.2, 0.25) is 0 Å². The predicted molar refractivity (Wildman–Crippen MR) is 72.9 cm³/mol. The maximum absolute atomic E-state index is 11.4. The van der Waals surface area contributed by atoms with Gasteiger partial charge in [0.25, 0.3) is 0 Å². The van der Waals surface area contributed by atoms with Gasteiger partial charge in [0.05, 0.1) is 17.0 Å². The normalized spacial score (nSPS) is 16.8. The molecule has 2 rings (SSSR count). The number of carboxylic acids is 1. The molecule has 0 amide bonds. The molecular formula is C15H18N2O2. The first-order chi connectivity index (χ1) is 9.07. The molecule has 0 aliphatic heterocycles. The van der Waals surface area contributed by atoms with Gasteiger partial charge in [-0.3, -0.25) is 4.79 Å². The van der Waals surface area contributed by atoms with E-state index in [-0.39, 0.29) is 0 Å². The number of rotatable bonds is 4. The molecule has 0 bridgehead atoms. The molecule has 1 aromatic rings. The summed E-state index contributed by atoms with van der Waals surface area (Å²) < 4.78 is 0. The number of nitriles is 1. The summed E-state index contributed by atoms with van der Waals surface area (Å²) in [5.74, 6) is -0.706. The molecule has 100 valence electrons. The summed E-state index contributed by atoms with van der Waals surface area (Å²) in [5.41, 5.74) is 1.81. The van der Waals surface area contributed by atoms with E-state index in [2.05, 4.69) is 11.4 Å². The molecule has 1 saturated carbocycles. The van der Waals surface area contributed by atoms with Gasteiger partial charge in [-0.05, 0) is 43.5 Å². The number of carbonyl (C=O) groups is 1. The Hall–Kier alpha value is -2.02. The Labute approximate surface area is 113 Å². The van der Waals surface area contributed by atoms with Gasteiger partial charge in [-0.1, -0.05) is 12.8 Å². The van der Waals surface area contributed by atoms with E-state index in [9.17, 15) is 9.90 Å². The molecule has 0 unspecified atom stereocenters. The van der Waals surface area contributed by atoms with E-state index in [1.54, 1.807) is 6.07 Å². The third-order valence-corrected chi connectivity index (χ3v) is 3.99. The van der Waals surface area contributed by atoms with Crippen molar-refractivity contribution in [3.8, 4) is 6.07 Å². The topological polar surface area (TPSA) is 73.1 Å². The van der Waals surface area contributed by atoms with Gasteiger partial charge in [-0.2, -0.15) is 5.26 Å². The van der Waals surface area contributed by atoms with Crippen molar-refractivity contribution in [2.75, 3.05) is 11.9 Å². The SMILES string of the molecule is Cc1cc(NCC2(C(=O)O)CCCC2)ccc1C#N. The monoisotopic (exact) mass is 258 g/mol. The number of nitrogens with zero attached hydrogens (tertiary/aromatic N) is 1. The molecule has 1 fully saturated rings. The molecule has 0 spiro atoms. The van der Waals surface area contributed by atoms with Crippen molar-refractivity contribution in [1.82, 2.24) is 0 Å². The molecule has 2 N–H and O–H groups in total. The van der Waals surface area contributed by atoms with Crippen molar-refractivity contribution in [3.63, 3.8) is 0 Å². The Balaban J connectivity index is 2.08. The number of carboxylic acid groups (broad SMARTS) is 1. The first-order valence-electron chi connectivity index (χ1n) is 6.55. The van der Waals surface area contributed by atoms with Crippen LogP contribution in [0.2, 0.25) is 0 Å². The van der Waals surface area contributed by atoms with Gasteiger partial charge in [-0.15, -0.1) is 0 Å². The van der Waals surface area contributed by atoms with Crippen LogP contribution in [-0.2, 0) is 4.79 Å². The van der Waals surface area contributed by atoms with E-state index in [0.717, 1.165) is 36.9 Å². The van der Waals surface area contributed by atoms with E-state index in [0.29, 0.717) is 12.1 Å². The standard InChI is InChI=1S/C15H18N2O2/c1-11-8-13(5-4-12(11)9-16)17-10-15(14(18)19)6-2-3-7-15/h4-5,8,17H,2-3,6-7,10H2,1H3,(H,18,19). The van der Waals surface area contributed by atoms with E-state index >= 15 is 0 Å². The molecule has 4 nitrogen and oxygen atoms in total. The number of aryl methyl sites for hydroxylation is 1. The first-order valence-corrected chi connectivity index (χ1v) is 6.55. The van der Waals surface area contributed by atoms with Crippen LogP contribution in [0.25, 0.3) is 0 Å². The number of hydrogen-bond acceptors (Lipinski definition) is 3. The van der Waals surface area contributed by atoms with Crippen molar-refractivity contribution in [2.24, 2.45) is 5.41 Å². The van der Waals surface area contributed by atoms with Crippen LogP contribution >= 0.6 is 0 Å². The molecule has 0 radical (unpaired) electrons. The summed E-state index contributed by atoms with van der Waals surface area (Å²) in [5, 5.41) is 21.5. The maximum Gasteiger partial charge on any atom is 0.311 e. The van der Waals surface area contributed by atoms with Gasteiger partial charge in [0, 0.05) is 12.2 Å². The second-order valence-electron chi connectivity index (χ2n) is 5.29. The van der Waals surface area contributed by atoms with E-state index in [4.69, 9.17) is 5.26 Å². The van der Waals surface area contributed by atoms with Gasteiger partial charge in [0.1, 0.15) is 0 Å². The summed E-state index contributed by atoms with van der Waals surface area (Å²) in [6.45, 7) is 2.33. The lowest BCUT2D eigenvalue weighted by Crippen LogP contribution is -2.35. The molecule has 0 atom stereocenters. The molecule has 1 aliphatic rings. The molecule has 19 heavy (non-hydrogen) atoms. The zero-order valence-electron chi connectivity index (χ0n) is 11.1. The largest absolute Gasteiger partial charge is 0.481 e. The van der Waals surface area contributed by atoms with Crippen LogP contribution in [-0.4, -0.2) is 17.6 Å². The van der Waals surface area contributed by atoms with Crippen LogP contribution in [0.5, 0.6) is 0 Å². The molecule has 1 aromatic carbocycles. The fraction of sp³-hybridized carbons (Fsp3) is 0.467. The minimum absolute atomic E-state index is 0.452. The van der Waals surface area contributed by atoms with Crippen molar-refractivity contribution in [2.45, 2.75) is 32.6 Å². The van der Waals surface area contributed by atoms with Crippen molar-refractivity contribution >= 4 is 11.7 Å². The minimum atomic E-state index is -0.706. The molecule has 0 saturated heterocycles. The maximum atomic E-state index is 11.4. The Morgan fingerprint density at radius 2 is 2.16 bits per heavy atom. The first kappa shape index (κ1) is 13.4. The van der Waals surface area contributed by atoms with E-state index in [1.807, 2.05) is 19.1 Å². The second kappa shape index (κ2) is 5.31. The zero-order valence-corrected chi connectivity index (χ0v) is 11.1. The molecule has 1 aliphatic carbocycles. The lowest BCUT2D eigenvalue weighted by Gasteiger charge is -2.24. The van der Waals surface area contributed by atoms with Crippen LogP contribution in [0.1, 0.15) is 36.8 Å². The highest BCUT2D eigenvalue weighted by atomic mass is 16.4. The van der Waals surface area contributed by atoms with Crippen LogP contribution in [0.4, 0.5) is 5.69 Å². The average molecular weight is 258 g/mol. The smallest absolute Gasteiger partial charge is 0.311 e. The van der Waals surface area contributed by atoms with E-state index < -0.39 is 11.4 Å². The van der Waals surface area contributed by atoms with E-state index in [1.165, 1.54) is 0 Å². The highest BCUT2D eigenvalue weighted by Gasteiger charge is 2.40. The highest BCUT2D eigenvalue weighted by Crippen LogP contribution is 2.38. The number of anilines is 1. The van der Waals surface area contributed by atoms with Crippen molar-refractivity contribution < 1.29 is 9.90 Å². The molecular weight excluding hydrogens is 240 g/mol. The number of hydrogen-bond donors (Lipinski definition) is 2. The van der Waals surface area contributed by atoms with Crippen LogP contribution < -0.4 is 5.32 Å². The molecule has 4 heteroatoms. The van der Waals surface area contributed by atoms with Gasteiger partial charge in [-0.25, -0.2) is 0 Å². The molecule has 0 heterocycles. The fourth-order valence-electron chi connectivity index (χ4n) is 2.69. The number of nitrogens with one attached hydrogen (secondary N) is 1.